The molecule has 2 amide bonds. The lowest BCUT2D eigenvalue weighted by molar-refractivity contribution is -0.126. The fraction of sp³-hybridized carbons (Fsp3) is 0.778. The quantitative estimate of drug-likeness (QED) is 0.309. The highest BCUT2D eigenvalue weighted by atomic mass is 16.3. The number of carbonyl (C=O) groups excluding carboxylic acids is 2. The van der Waals surface area contributed by atoms with Crippen molar-refractivity contribution in [3.05, 3.63) is 0 Å². The Morgan fingerprint density at radius 3 is 2.38 bits per heavy atom. The van der Waals surface area contributed by atoms with Gasteiger partial charge in [0.05, 0.1) is 18.6 Å². The summed E-state index contributed by atoms with van der Waals surface area (Å²) in [5.74, 6) is -0.901. The lowest BCUT2D eigenvalue weighted by atomic mass is 10.2. The van der Waals surface area contributed by atoms with Crippen LogP contribution in [0, 0.1) is 0 Å². The van der Waals surface area contributed by atoms with Crippen LogP contribution in [0.15, 0.2) is 0 Å². The van der Waals surface area contributed by atoms with Crippen LogP contribution in [0.25, 0.3) is 0 Å². The molecule has 0 saturated heterocycles. The van der Waals surface area contributed by atoms with Gasteiger partial charge in [-0.2, -0.15) is 0 Å². The van der Waals surface area contributed by atoms with Crippen LogP contribution in [0.4, 0.5) is 0 Å². The molecular formula is C9H20N4O3. The van der Waals surface area contributed by atoms with E-state index in [1.54, 1.807) is 14.1 Å². The van der Waals surface area contributed by atoms with E-state index in [9.17, 15) is 14.7 Å². The third-order valence-electron chi connectivity index (χ3n) is 2.06. The van der Waals surface area contributed by atoms with Crippen molar-refractivity contribution in [2.24, 2.45) is 5.73 Å². The summed E-state index contributed by atoms with van der Waals surface area (Å²) in [6, 6.07) is -0.679. The molecule has 0 aliphatic heterocycles. The molecule has 7 nitrogen and oxygen atoms in total. The highest BCUT2D eigenvalue weighted by molar-refractivity contribution is 5.87. The number of hydrogen-bond acceptors (Lipinski definition) is 5. The Balaban J connectivity index is 3.85. The summed E-state index contributed by atoms with van der Waals surface area (Å²) in [6.45, 7) is 0.542. The summed E-state index contributed by atoms with van der Waals surface area (Å²) in [5.41, 5.74) is 5.06. The highest BCUT2D eigenvalue weighted by Gasteiger charge is 2.17. The van der Waals surface area contributed by atoms with Gasteiger partial charge in [-0.1, -0.05) is 0 Å². The topological polar surface area (TPSA) is 116 Å². The van der Waals surface area contributed by atoms with E-state index in [4.69, 9.17) is 5.73 Å². The van der Waals surface area contributed by atoms with E-state index >= 15 is 0 Å². The van der Waals surface area contributed by atoms with E-state index in [1.165, 1.54) is 0 Å². The molecular weight excluding hydrogens is 212 g/mol. The Hall–Kier alpha value is -1.18. The molecule has 0 radical (unpaired) electrons. The number of nitrogens with two attached hydrogens (primary N) is 1. The summed E-state index contributed by atoms with van der Waals surface area (Å²) in [6.07, 6.45) is -0.673. The van der Waals surface area contributed by atoms with Crippen molar-refractivity contribution in [3.8, 4) is 0 Å². The van der Waals surface area contributed by atoms with Gasteiger partial charge in [0.1, 0.15) is 0 Å². The minimum atomic E-state index is -0.679. The van der Waals surface area contributed by atoms with E-state index in [1.807, 2.05) is 0 Å². The van der Waals surface area contributed by atoms with E-state index in [0.717, 1.165) is 0 Å². The van der Waals surface area contributed by atoms with Crippen LogP contribution >= 0.6 is 0 Å². The molecule has 16 heavy (non-hydrogen) atoms. The maximum absolute atomic E-state index is 11.3. The van der Waals surface area contributed by atoms with Crippen molar-refractivity contribution in [3.63, 3.8) is 0 Å². The largest absolute Gasteiger partial charge is 0.390 e. The molecule has 0 aromatic carbocycles. The SMILES string of the molecule is CNCC(O)CNC(=O)C[C@H](NC)C(N)=O. The first-order valence-electron chi connectivity index (χ1n) is 5.07. The van der Waals surface area contributed by atoms with Crippen molar-refractivity contribution in [2.75, 3.05) is 27.2 Å². The van der Waals surface area contributed by atoms with Crippen molar-refractivity contribution >= 4 is 11.8 Å². The summed E-state index contributed by atoms with van der Waals surface area (Å²) in [5, 5.41) is 17.2. The maximum atomic E-state index is 11.3. The number of likely N-dealkylation sites (N-methyl/N-ethyl adjacent to an activating group) is 2. The molecule has 7 heteroatoms. The van der Waals surface area contributed by atoms with Crippen LogP contribution in [0.1, 0.15) is 6.42 Å². The second-order valence-electron chi connectivity index (χ2n) is 3.46. The van der Waals surface area contributed by atoms with Gasteiger partial charge in [0.15, 0.2) is 0 Å². The van der Waals surface area contributed by atoms with Crippen LogP contribution in [-0.4, -0.2) is 56.3 Å². The Labute approximate surface area is 94.8 Å². The summed E-state index contributed by atoms with van der Waals surface area (Å²) >= 11 is 0. The molecule has 0 bridgehead atoms. The van der Waals surface area contributed by atoms with Gasteiger partial charge in [0.25, 0.3) is 0 Å². The Bertz CT molecular complexity index is 235. The van der Waals surface area contributed by atoms with Gasteiger partial charge >= 0.3 is 0 Å². The van der Waals surface area contributed by atoms with Crippen LogP contribution in [0.3, 0.4) is 0 Å². The first-order chi connectivity index (χ1) is 7.51. The normalized spacial score (nSPS) is 14.2. The molecule has 0 aromatic heterocycles. The van der Waals surface area contributed by atoms with Gasteiger partial charge in [-0.05, 0) is 14.1 Å². The van der Waals surface area contributed by atoms with Gasteiger partial charge in [-0.15, -0.1) is 0 Å². The molecule has 0 fully saturated rings. The standard InChI is InChI=1S/C9H20N4O3/c1-11-4-6(14)5-13-8(15)3-7(12-2)9(10)16/h6-7,11-12,14H,3-5H2,1-2H3,(H2,10,16)(H,13,15)/t6?,7-/m0/s1. The summed E-state index contributed by atoms with van der Waals surface area (Å²) < 4.78 is 0. The van der Waals surface area contributed by atoms with Crippen LogP contribution in [-0.2, 0) is 9.59 Å². The van der Waals surface area contributed by atoms with Crippen LogP contribution < -0.4 is 21.7 Å². The van der Waals surface area contributed by atoms with E-state index in [2.05, 4.69) is 16.0 Å². The van der Waals surface area contributed by atoms with E-state index in [-0.39, 0.29) is 18.9 Å². The Morgan fingerprint density at radius 2 is 1.94 bits per heavy atom. The molecule has 0 aromatic rings. The third kappa shape index (κ3) is 6.33. The minimum absolute atomic E-state index is 0.0297. The van der Waals surface area contributed by atoms with Crippen molar-refractivity contribution in [1.82, 2.24) is 16.0 Å². The first kappa shape index (κ1) is 14.8. The van der Waals surface area contributed by atoms with Gasteiger partial charge in [-0.3, -0.25) is 9.59 Å². The zero-order valence-corrected chi connectivity index (χ0v) is 9.62. The predicted molar refractivity (Wildman–Crippen MR) is 59.6 cm³/mol. The molecule has 0 heterocycles. The lowest BCUT2D eigenvalue weighted by Crippen LogP contribution is -2.44. The molecule has 0 aliphatic carbocycles. The van der Waals surface area contributed by atoms with Gasteiger partial charge in [-0.25, -0.2) is 0 Å². The second-order valence-corrected chi connectivity index (χ2v) is 3.46. The Morgan fingerprint density at radius 1 is 1.31 bits per heavy atom. The molecule has 1 unspecified atom stereocenters. The first-order valence-corrected chi connectivity index (χ1v) is 5.07. The fourth-order valence-corrected chi connectivity index (χ4v) is 1.14. The smallest absolute Gasteiger partial charge is 0.235 e. The average molecular weight is 232 g/mol. The minimum Gasteiger partial charge on any atom is -0.390 e. The summed E-state index contributed by atoms with van der Waals surface area (Å²) in [7, 11) is 3.26. The second kappa shape index (κ2) is 8.03. The zero-order valence-electron chi connectivity index (χ0n) is 9.62. The molecule has 0 aliphatic rings. The highest BCUT2D eigenvalue weighted by Crippen LogP contribution is 1.90. The number of primary amides is 1. The number of carbonyl (C=O) groups is 2. The number of rotatable bonds is 8. The fourth-order valence-electron chi connectivity index (χ4n) is 1.14. The van der Waals surface area contributed by atoms with Crippen molar-refractivity contribution in [2.45, 2.75) is 18.6 Å². The average Bonchev–Trinajstić information content (AvgIpc) is 2.23. The number of aliphatic hydroxyl groups is 1. The molecule has 0 spiro atoms. The van der Waals surface area contributed by atoms with Crippen molar-refractivity contribution in [1.29, 1.82) is 0 Å². The number of amides is 2. The Kier molecular flexibility index (Phi) is 7.44. The van der Waals surface area contributed by atoms with E-state index in [0.29, 0.717) is 6.54 Å². The maximum Gasteiger partial charge on any atom is 0.235 e. The predicted octanol–water partition coefficient (Wildman–Crippen LogP) is -2.85. The molecule has 6 N–H and O–H groups in total. The number of nitrogens with one attached hydrogen (secondary N) is 3. The lowest BCUT2D eigenvalue weighted by Gasteiger charge is -2.14. The number of hydrogen-bond donors (Lipinski definition) is 5. The zero-order chi connectivity index (χ0) is 12.6. The van der Waals surface area contributed by atoms with Crippen LogP contribution in [0.5, 0.6) is 0 Å². The summed E-state index contributed by atoms with van der Waals surface area (Å²) in [4.78, 5) is 22.2. The van der Waals surface area contributed by atoms with Crippen molar-refractivity contribution < 1.29 is 14.7 Å². The van der Waals surface area contributed by atoms with Gasteiger partial charge in [0.2, 0.25) is 11.8 Å². The molecule has 94 valence electrons. The number of aliphatic hydroxyl groups excluding tert-OH is 1. The third-order valence-corrected chi connectivity index (χ3v) is 2.06. The monoisotopic (exact) mass is 232 g/mol. The molecule has 0 saturated carbocycles. The van der Waals surface area contributed by atoms with E-state index < -0.39 is 18.1 Å². The van der Waals surface area contributed by atoms with Gasteiger partial charge in [0, 0.05) is 13.1 Å². The molecule has 0 rings (SSSR count). The van der Waals surface area contributed by atoms with Gasteiger partial charge < -0.3 is 26.8 Å². The molecule has 2 atom stereocenters. The van der Waals surface area contributed by atoms with Crippen LogP contribution in [0.2, 0.25) is 0 Å².